The number of amides is 2. The maximum Gasteiger partial charge on any atom is 0.272 e. The Hall–Kier alpha value is -2.77. The minimum absolute atomic E-state index is 0.140. The van der Waals surface area contributed by atoms with E-state index in [1.807, 2.05) is 13.8 Å². The van der Waals surface area contributed by atoms with Crippen molar-refractivity contribution >= 4 is 11.8 Å². The van der Waals surface area contributed by atoms with Crippen molar-refractivity contribution in [1.82, 2.24) is 30.4 Å². The van der Waals surface area contributed by atoms with Crippen LogP contribution < -0.4 is 5.32 Å². The summed E-state index contributed by atoms with van der Waals surface area (Å²) in [5.74, 6) is 0.0837. The highest BCUT2D eigenvalue weighted by Crippen LogP contribution is 2.37. The molecule has 0 unspecified atom stereocenters. The molecule has 8 heteroatoms. The van der Waals surface area contributed by atoms with Crippen LogP contribution in [-0.2, 0) is 5.54 Å². The first-order valence-corrected chi connectivity index (χ1v) is 7.85. The van der Waals surface area contributed by atoms with Gasteiger partial charge in [0.2, 0.25) is 0 Å². The van der Waals surface area contributed by atoms with E-state index in [9.17, 15) is 9.59 Å². The topological polar surface area (TPSA) is 104 Å². The molecule has 3 rings (SSSR count). The lowest BCUT2D eigenvalue weighted by atomic mass is 9.97. The summed E-state index contributed by atoms with van der Waals surface area (Å²) in [5, 5.41) is 9.12. The molecule has 2 aromatic rings. The van der Waals surface area contributed by atoms with E-state index < -0.39 is 5.54 Å². The van der Waals surface area contributed by atoms with Crippen LogP contribution >= 0.6 is 0 Å². The van der Waals surface area contributed by atoms with Gasteiger partial charge in [0.1, 0.15) is 16.9 Å². The lowest BCUT2D eigenvalue weighted by molar-refractivity contribution is 0.0597. The summed E-state index contributed by atoms with van der Waals surface area (Å²) in [6.45, 7) is 4.37. The molecular formula is C16H20N6O2. The number of nitrogens with one attached hydrogen (secondary N) is 2. The first kappa shape index (κ1) is 16.1. The third-order valence-corrected chi connectivity index (χ3v) is 4.41. The molecule has 2 amide bonds. The Balaban J connectivity index is 2.01. The molecule has 0 radical (unpaired) electrons. The predicted molar refractivity (Wildman–Crippen MR) is 86.4 cm³/mol. The SMILES string of the molecule is CNC(=O)c1cc(C)nc([C@@]2(C)CCCN2C(=O)c2ccn[nH]2)n1. The van der Waals surface area contributed by atoms with Crippen molar-refractivity contribution in [2.75, 3.05) is 13.6 Å². The van der Waals surface area contributed by atoms with Crippen molar-refractivity contribution in [2.24, 2.45) is 0 Å². The molecule has 1 atom stereocenters. The Morgan fingerprint density at radius 1 is 1.38 bits per heavy atom. The normalized spacial score (nSPS) is 20.2. The van der Waals surface area contributed by atoms with E-state index in [0.29, 0.717) is 29.5 Å². The van der Waals surface area contributed by atoms with E-state index in [1.54, 1.807) is 30.3 Å². The van der Waals surface area contributed by atoms with Crippen molar-refractivity contribution in [3.63, 3.8) is 0 Å². The standard InChI is InChI=1S/C16H20N6O2/c1-10-9-12(13(23)17-3)20-15(19-10)16(2)6-4-8-22(16)14(24)11-5-7-18-21-11/h5,7,9H,4,6,8H2,1-3H3,(H,17,23)(H,18,21)/t16-/m1/s1. The average molecular weight is 328 g/mol. The Morgan fingerprint density at radius 3 is 2.83 bits per heavy atom. The summed E-state index contributed by atoms with van der Waals surface area (Å²) in [4.78, 5) is 35.4. The first-order chi connectivity index (χ1) is 11.5. The second-order valence-corrected chi connectivity index (χ2v) is 6.10. The monoisotopic (exact) mass is 328 g/mol. The molecule has 1 fully saturated rings. The van der Waals surface area contributed by atoms with E-state index in [-0.39, 0.29) is 11.8 Å². The lowest BCUT2D eigenvalue weighted by Gasteiger charge is -2.33. The molecule has 1 aliphatic heterocycles. The van der Waals surface area contributed by atoms with E-state index in [2.05, 4.69) is 25.5 Å². The molecule has 2 N–H and O–H groups in total. The number of H-pyrrole nitrogens is 1. The number of nitrogens with zero attached hydrogens (tertiary/aromatic N) is 4. The minimum atomic E-state index is -0.656. The van der Waals surface area contributed by atoms with Crippen LogP contribution in [0.5, 0.6) is 0 Å². The molecule has 126 valence electrons. The Kier molecular flexibility index (Phi) is 4.04. The van der Waals surface area contributed by atoms with Crippen LogP contribution in [0.15, 0.2) is 18.3 Å². The number of likely N-dealkylation sites (tertiary alicyclic amines) is 1. The Morgan fingerprint density at radius 2 is 2.17 bits per heavy atom. The van der Waals surface area contributed by atoms with Gasteiger partial charge in [-0.3, -0.25) is 14.7 Å². The van der Waals surface area contributed by atoms with Gasteiger partial charge < -0.3 is 10.2 Å². The number of rotatable bonds is 3. The van der Waals surface area contributed by atoms with Crippen LogP contribution in [0.4, 0.5) is 0 Å². The fourth-order valence-corrected chi connectivity index (χ4v) is 3.10. The molecule has 0 aliphatic carbocycles. The van der Waals surface area contributed by atoms with Gasteiger partial charge in [0.25, 0.3) is 11.8 Å². The lowest BCUT2D eigenvalue weighted by Crippen LogP contribution is -2.44. The molecular weight excluding hydrogens is 308 g/mol. The smallest absolute Gasteiger partial charge is 0.272 e. The zero-order valence-electron chi connectivity index (χ0n) is 14.0. The minimum Gasteiger partial charge on any atom is -0.354 e. The van der Waals surface area contributed by atoms with E-state index >= 15 is 0 Å². The van der Waals surface area contributed by atoms with Crippen LogP contribution in [0.25, 0.3) is 0 Å². The van der Waals surface area contributed by atoms with Crippen LogP contribution in [0.2, 0.25) is 0 Å². The number of aromatic amines is 1. The van der Waals surface area contributed by atoms with Crippen molar-refractivity contribution in [2.45, 2.75) is 32.2 Å². The molecule has 0 saturated carbocycles. The number of carbonyl (C=O) groups is 2. The highest BCUT2D eigenvalue weighted by molar-refractivity contribution is 5.93. The fourth-order valence-electron chi connectivity index (χ4n) is 3.10. The zero-order chi connectivity index (χ0) is 17.3. The molecule has 1 aliphatic rings. The molecule has 1 saturated heterocycles. The van der Waals surface area contributed by atoms with Gasteiger partial charge in [0, 0.05) is 25.5 Å². The Labute approximate surface area is 139 Å². The number of hydrogen-bond donors (Lipinski definition) is 2. The summed E-state index contributed by atoms with van der Waals surface area (Å²) in [7, 11) is 1.56. The second-order valence-electron chi connectivity index (χ2n) is 6.10. The van der Waals surface area contributed by atoms with Crippen molar-refractivity contribution in [3.05, 3.63) is 41.2 Å². The van der Waals surface area contributed by atoms with Gasteiger partial charge in [-0.1, -0.05) is 0 Å². The third kappa shape index (κ3) is 2.64. The maximum atomic E-state index is 12.8. The van der Waals surface area contributed by atoms with Gasteiger partial charge in [-0.15, -0.1) is 0 Å². The van der Waals surface area contributed by atoms with E-state index in [1.165, 1.54) is 0 Å². The van der Waals surface area contributed by atoms with Gasteiger partial charge in [0.15, 0.2) is 5.82 Å². The van der Waals surface area contributed by atoms with Crippen LogP contribution in [0.3, 0.4) is 0 Å². The second kappa shape index (κ2) is 6.03. The summed E-state index contributed by atoms with van der Waals surface area (Å²) >= 11 is 0. The molecule has 0 bridgehead atoms. The van der Waals surface area contributed by atoms with Crippen molar-refractivity contribution in [1.29, 1.82) is 0 Å². The van der Waals surface area contributed by atoms with Gasteiger partial charge in [0.05, 0.1) is 0 Å². The largest absolute Gasteiger partial charge is 0.354 e. The maximum absolute atomic E-state index is 12.8. The molecule has 0 spiro atoms. The highest BCUT2D eigenvalue weighted by Gasteiger charge is 2.44. The fraction of sp³-hybridized carbons (Fsp3) is 0.438. The van der Waals surface area contributed by atoms with Crippen LogP contribution in [0.1, 0.15) is 52.3 Å². The quantitative estimate of drug-likeness (QED) is 0.875. The number of aryl methyl sites for hydroxylation is 1. The molecule has 24 heavy (non-hydrogen) atoms. The zero-order valence-corrected chi connectivity index (χ0v) is 14.0. The Bertz CT molecular complexity index is 773. The summed E-state index contributed by atoms with van der Waals surface area (Å²) < 4.78 is 0. The number of aromatic nitrogens is 4. The number of carbonyl (C=O) groups excluding carboxylic acids is 2. The predicted octanol–water partition coefficient (Wildman–Crippen LogP) is 1.02. The molecule has 3 heterocycles. The molecule has 0 aromatic carbocycles. The van der Waals surface area contributed by atoms with Crippen molar-refractivity contribution in [3.8, 4) is 0 Å². The summed E-state index contributed by atoms with van der Waals surface area (Å²) in [5.41, 5.74) is 0.779. The first-order valence-electron chi connectivity index (χ1n) is 7.85. The van der Waals surface area contributed by atoms with Gasteiger partial charge in [-0.2, -0.15) is 5.10 Å². The van der Waals surface area contributed by atoms with Gasteiger partial charge >= 0.3 is 0 Å². The van der Waals surface area contributed by atoms with Gasteiger partial charge in [-0.25, -0.2) is 9.97 Å². The van der Waals surface area contributed by atoms with E-state index in [4.69, 9.17) is 0 Å². The van der Waals surface area contributed by atoms with Crippen LogP contribution in [-0.4, -0.2) is 50.5 Å². The van der Waals surface area contributed by atoms with E-state index in [0.717, 1.165) is 12.8 Å². The van der Waals surface area contributed by atoms with Crippen LogP contribution in [0, 0.1) is 6.92 Å². The molecule has 8 nitrogen and oxygen atoms in total. The van der Waals surface area contributed by atoms with Crippen molar-refractivity contribution < 1.29 is 9.59 Å². The third-order valence-electron chi connectivity index (χ3n) is 4.41. The summed E-state index contributed by atoms with van der Waals surface area (Å²) in [6, 6.07) is 3.29. The highest BCUT2D eigenvalue weighted by atomic mass is 16.2. The molecule has 2 aromatic heterocycles. The summed E-state index contributed by atoms with van der Waals surface area (Å²) in [6.07, 6.45) is 3.14. The average Bonchev–Trinajstić information content (AvgIpc) is 3.23. The number of hydrogen-bond acceptors (Lipinski definition) is 5. The van der Waals surface area contributed by atoms with Gasteiger partial charge in [-0.05, 0) is 38.8 Å².